The van der Waals surface area contributed by atoms with Gasteiger partial charge in [-0.1, -0.05) is 13.8 Å². The number of hydrogen-bond donors (Lipinski definition) is 1. The summed E-state index contributed by atoms with van der Waals surface area (Å²) < 4.78 is 5.72. The van der Waals surface area contributed by atoms with Gasteiger partial charge in [0.25, 0.3) is 0 Å². The first-order chi connectivity index (χ1) is 6.36. The van der Waals surface area contributed by atoms with Crippen molar-refractivity contribution in [3.8, 4) is 0 Å². The second-order valence-electron chi connectivity index (χ2n) is 3.89. The zero-order valence-electron chi connectivity index (χ0n) is 9.01. The van der Waals surface area contributed by atoms with Gasteiger partial charge in [-0.15, -0.1) is 0 Å². The Morgan fingerprint density at radius 1 is 1.38 bits per heavy atom. The zero-order valence-corrected chi connectivity index (χ0v) is 9.01. The van der Waals surface area contributed by atoms with E-state index in [9.17, 15) is 0 Å². The predicted octanol–water partition coefficient (Wildman–Crippen LogP) is 2.33. The molecule has 0 radical (unpaired) electrons. The van der Waals surface area contributed by atoms with E-state index in [1.807, 2.05) is 0 Å². The van der Waals surface area contributed by atoms with E-state index < -0.39 is 0 Å². The molecule has 1 heterocycles. The van der Waals surface area contributed by atoms with E-state index >= 15 is 0 Å². The van der Waals surface area contributed by atoms with Crippen LogP contribution in [0, 0.1) is 0 Å². The average Bonchev–Trinajstić information content (AvgIpc) is 2.19. The number of ether oxygens (including phenoxy) is 1. The molecule has 0 saturated carbocycles. The molecule has 0 spiro atoms. The van der Waals surface area contributed by atoms with Crippen LogP contribution in [0.5, 0.6) is 0 Å². The first-order valence-electron chi connectivity index (χ1n) is 5.71. The van der Waals surface area contributed by atoms with E-state index in [0.29, 0.717) is 12.1 Å². The fourth-order valence-corrected chi connectivity index (χ4v) is 1.99. The van der Waals surface area contributed by atoms with Gasteiger partial charge < -0.3 is 10.1 Å². The summed E-state index contributed by atoms with van der Waals surface area (Å²) in [5, 5.41) is 3.50. The van der Waals surface area contributed by atoms with Crippen LogP contribution < -0.4 is 5.32 Å². The van der Waals surface area contributed by atoms with Crippen LogP contribution in [0.15, 0.2) is 0 Å². The van der Waals surface area contributed by atoms with Crippen molar-refractivity contribution >= 4 is 0 Å². The van der Waals surface area contributed by atoms with Crippen molar-refractivity contribution in [2.45, 2.75) is 58.1 Å². The van der Waals surface area contributed by atoms with Gasteiger partial charge in [0.05, 0.1) is 6.10 Å². The van der Waals surface area contributed by atoms with Gasteiger partial charge in [-0.25, -0.2) is 0 Å². The summed E-state index contributed by atoms with van der Waals surface area (Å²) in [6.07, 6.45) is 6.82. The topological polar surface area (TPSA) is 21.3 Å². The lowest BCUT2D eigenvalue weighted by molar-refractivity contribution is 0.00510. The summed E-state index contributed by atoms with van der Waals surface area (Å²) in [5.74, 6) is 0. The van der Waals surface area contributed by atoms with Crippen molar-refractivity contribution in [2.75, 3.05) is 13.2 Å². The summed E-state index contributed by atoms with van der Waals surface area (Å²) in [5.41, 5.74) is 0. The van der Waals surface area contributed by atoms with Crippen LogP contribution in [-0.4, -0.2) is 25.3 Å². The predicted molar refractivity (Wildman–Crippen MR) is 56.0 cm³/mol. The summed E-state index contributed by atoms with van der Waals surface area (Å²) in [6.45, 7) is 6.47. The fraction of sp³-hybridized carbons (Fsp3) is 1.00. The largest absolute Gasteiger partial charge is 0.378 e. The van der Waals surface area contributed by atoms with Gasteiger partial charge in [-0.3, -0.25) is 0 Å². The summed E-state index contributed by atoms with van der Waals surface area (Å²) in [6, 6.07) is 0.660. The zero-order chi connectivity index (χ0) is 9.52. The smallest absolute Gasteiger partial charge is 0.0590 e. The third-order valence-corrected chi connectivity index (χ3v) is 2.81. The second-order valence-corrected chi connectivity index (χ2v) is 3.89. The molecule has 1 rings (SSSR count). The van der Waals surface area contributed by atoms with E-state index in [2.05, 4.69) is 19.2 Å². The number of rotatable bonds is 5. The van der Waals surface area contributed by atoms with Crippen molar-refractivity contribution in [1.82, 2.24) is 5.32 Å². The van der Waals surface area contributed by atoms with Gasteiger partial charge in [-0.2, -0.15) is 0 Å². The lowest BCUT2D eigenvalue weighted by atomic mass is 10.0. The van der Waals surface area contributed by atoms with Crippen LogP contribution in [0.4, 0.5) is 0 Å². The van der Waals surface area contributed by atoms with Crippen LogP contribution in [0.2, 0.25) is 0 Å². The maximum atomic E-state index is 5.72. The molecule has 2 heteroatoms. The van der Waals surface area contributed by atoms with E-state index in [-0.39, 0.29) is 0 Å². The van der Waals surface area contributed by atoms with E-state index in [4.69, 9.17) is 4.74 Å². The molecule has 0 aromatic rings. The molecule has 1 aliphatic rings. The molecule has 0 aromatic heterocycles. The Balaban J connectivity index is 2.18. The number of hydrogen-bond acceptors (Lipinski definition) is 2. The Morgan fingerprint density at radius 3 is 2.77 bits per heavy atom. The van der Waals surface area contributed by atoms with Crippen LogP contribution in [0.3, 0.4) is 0 Å². The molecular weight excluding hydrogens is 162 g/mol. The second kappa shape index (κ2) is 6.39. The SMILES string of the molecule is CCNC(CC)CC1CCCCO1. The Labute approximate surface area is 82.0 Å². The van der Waals surface area contributed by atoms with E-state index in [0.717, 1.165) is 13.2 Å². The molecule has 0 amide bonds. The van der Waals surface area contributed by atoms with Crippen molar-refractivity contribution in [2.24, 2.45) is 0 Å². The van der Waals surface area contributed by atoms with Crippen LogP contribution in [0.1, 0.15) is 46.0 Å². The van der Waals surface area contributed by atoms with E-state index in [1.165, 1.54) is 32.1 Å². The maximum absolute atomic E-state index is 5.72. The van der Waals surface area contributed by atoms with Gasteiger partial charge in [-0.05, 0) is 38.6 Å². The van der Waals surface area contributed by atoms with Gasteiger partial charge in [0.1, 0.15) is 0 Å². The van der Waals surface area contributed by atoms with Crippen molar-refractivity contribution in [1.29, 1.82) is 0 Å². The molecule has 78 valence electrons. The normalized spacial score (nSPS) is 25.8. The molecule has 1 N–H and O–H groups in total. The standard InChI is InChI=1S/C11H23NO/c1-3-10(12-4-2)9-11-7-5-6-8-13-11/h10-12H,3-9H2,1-2H3. The minimum atomic E-state index is 0.526. The molecule has 0 aliphatic carbocycles. The summed E-state index contributed by atoms with van der Waals surface area (Å²) in [7, 11) is 0. The first kappa shape index (κ1) is 11.0. The lowest BCUT2D eigenvalue weighted by Gasteiger charge is -2.26. The van der Waals surface area contributed by atoms with Crippen LogP contribution in [0.25, 0.3) is 0 Å². The molecule has 2 unspecified atom stereocenters. The maximum Gasteiger partial charge on any atom is 0.0590 e. The van der Waals surface area contributed by atoms with Crippen molar-refractivity contribution in [3.05, 3.63) is 0 Å². The number of nitrogens with one attached hydrogen (secondary N) is 1. The Morgan fingerprint density at radius 2 is 2.23 bits per heavy atom. The monoisotopic (exact) mass is 185 g/mol. The molecular formula is C11H23NO. The van der Waals surface area contributed by atoms with Crippen LogP contribution >= 0.6 is 0 Å². The van der Waals surface area contributed by atoms with Crippen molar-refractivity contribution in [3.63, 3.8) is 0 Å². The van der Waals surface area contributed by atoms with Gasteiger partial charge in [0.2, 0.25) is 0 Å². The highest BCUT2D eigenvalue weighted by Gasteiger charge is 2.17. The average molecular weight is 185 g/mol. The van der Waals surface area contributed by atoms with Gasteiger partial charge in [0.15, 0.2) is 0 Å². The third-order valence-electron chi connectivity index (χ3n) is 2.81. The molecule has 1 fully saturated rings. The molecule has 1 aliphatic heterocycles. The van der Waals surface area contributed by atoms with E-state index in [1.54, 1.807) is 0 Å². The molecule has 1 saturated heterocycles. The summed E-state index contributed by atoms with van der Waals surface area (Å²) >= 11 is 0. The molecule has 0 bridgehead atoms. The van der Waals surface area contributed by atoms with Gasteiger partial charge in [0, 0.05) is 12.6 Å². The van der Waals surface area contributed by atoms with Gasteiger partial charge >= 0.3 is 0 Å². The molecule has 0 aromatic carbocycles. The first-order valence-corrected chi connectivity index (χ1v) is 5.71. The Hall–Kier alpha value is -0.0800. The minimum Gasteiger partial charge on any atom is -0.378 e. The molecule has 2 nitrogen and oxygen atoms in total. The molecule has 13 heavy (non-hydrogen) atoms. The quantitative estimate of drug-likeness (QED) is 0.710. The highest BCUT2D eigenvalue weighted by molar-refractivity contribution is 4.72. The fourth-order valence-electron chi connectivity index (χ4n) is 1.99. The van der Waals surface area contributed by atoms with Crippen molar-refractivity contribution < 1.29 is 4.74 Å². The van der Waals surface area contributed by atoms with Crippen LogP contribution in [-0.2, 0) is 4.74 Å². The Kier molecular flexibility index (Phi) is 5.40. The summed E-state index contributed by atoms with van der Waals surface area (Å²) in [4.78, 5) is 0. The highest BCUT2D eigenvalue weighted by atomic mass is 16.5. The molecule has 2 atom stereocenters. The third kappa shape index (κ3) is 4.10. The minimum absolute atomic E-state index is 0.526. The lowest BCUT2D eigenvalue weighted by Crippen LogP contribution is -2.34. The Bertz CT molecular complexity index is 119. The highest BCUT2D eigenvalue weighted by Crippen LogP contribution is 2.17.